The molecule has 2 radical (unpaired) electrons. The Balaban J connectivity index is 0.000000206. The summed E-state index contributed by atoms with van der Waals surface area (Å²) in [4.78, 5) is 20.3. The van der Waals surface area contributed by atoms with E-state index in [9.17, 15) is 18.9 Å². The number of benzene rings is 4. The normalized spacial score (nSPS) is 22.1. The minimum Gasteiger partial charge on any atom is -0.529 e. The lowest BCUT2D eigenvalue weighted by Gasteiger charge is -2.28. The third-order valence-corrected chi connectivity index (χ3v) is 10.1. The average molecular weight is 709 g/mol. The summed E-state index contributed by atoms with van der Waals surface area (Å²) in [5, 5.41) is 0. The second-order valence-electron chi connectivity index (χ2n) is 12.7. The van der Waals surface area contributed by atoms with E-state index in [1.54, 1.807) is 0 Å². The molecular formula is C36H43AlO9P2. The van der Waals surface area contributed by atoms with Gasteiger partial charge in [0.05, 0.1) is 0 Å². The number of fused-ring (bicyclic) bond motifs is 4. The molecule has 2 aliphatic heterocycles. The van der Waals surface area contributed by atoms with Crippen molar-refractivity contribution in [2.45, 2.75) is 81.1 Å². The first-order valence-electron chi connectivity index (χ1n) is 15.5. The van der Waals surface area contributed by atoms with Crippen molar-refractivity contribution in [3.8, 4) is 23.0 Å². The Kier molecular flexibility index (Phi) is 11.4. The maximum atomic E-state index is 12.4. The van der Waals surface area contributed by atoms with Crippen molar-refractivity contribution >= 4 is 32.3 Å². The van der Waals surface area contributed by atoms with Crippen LogP contribution < -0.4 is 18.1 Å². The van der Waals surface area contributed by atoms with Gasteiger partial charge in [0.15, 0.2) is 0 Å². The molecule has 0 amide bonds. The molecule has 0 aromatic heterocycles. The lowest BCUT2D eigenvalue weighted by atomic mass is 9.87. The Hall–Kier alpha value is -3.05. The first kappa shape index (κ1) is 37.8. The lowest BCUT2D eigenvalue weighted by Crippen LogP contribution is -2.12. The Bertz CT molecular complexity index is 1700. The van der Waals surface area contributed by atoms with Crippen LogP contribution in [0.25, 0.3) is 0 Å². The maximum Gasteiger partial charge on any atom is 0.584 e. The maximum absolute atomic E-state index is 12.4. The van der Waals surface area contributed by atoms with Gasteiger partial charge in [0, 0.05) is 34.1 Å². The van der Waals surface area contributed by atoms with Crippen molar-refractivity contribution in [2.75, 3.05) is 0 Å². The quantitative estimate of drug-likeness (QED) is 0.121. The van der Waals surface area contributed by atoms with E-state index in [2.05, 4.69) is 13.8 Å². The van der Waals surface area contributed by atoms with Gasteiger partial charge in [-0.2, -0.15) is 0 Å². The average Bonchev–Trinajstić information content (AvgIpc) is 2.98. The third-order valence-electron chi connectivity index (χ3n) is 8.48. The highest BCUT2D eigenvalue weighted by molar-refractivity contribution is 7.48. The van der Waals surface area contributed by atoms with Crippen molar-refractivity contribution in [3.63, 3.8) is 0 Å². The molecule has 4 aromatic rings. The summed E-state index contributed by atoms with van der Waals surface area (Å²) in [5.41, 5.74) is 11.3. The van der Waals surface area contributed by atoms with Crippen LogP contribution in [0, 0.1) is 55.4 Å². The van der Waals surface area contributed by atoms with Gasteiger partial charge in [-0.25, -0.2) is 9.13 Å². The van der Waals surface area contributed by atoms with E-state index in [1.807, 2.05) is 104 Å². The molecule has 0 saturated carbocycles. The fourth-order valence-corrected chi connectivity index (χ4v) is 8.56. The monoisotopic (exact) mass is 708 g/mol. The summed E-state index contributed by atoms with van der Waals surface area (Å²) in [7, 11) is -8.47. The molecule has 0 atom stereocenters. The molecule has 9 nitrogen and oxygen atoms in total. The standard InChI is InChI=1S/2C18H21O4P.Al.H2O/c2*1-10-6-12(3)17-15(8-10)14(5)16-9-11(2)7-13(4)18(16)22-23(19,20)21-17;;/h2*6-9,14H,1-5H3,(H,19,20);;1H2/q;;+1;/p-1. The van der Waals surface area contributed by atoms with Gasteiger partial charge in [-0.15, -0.1) is 0 Å². The van der Waals surface area contributed by atoms with E-state index in [1.165, 1.54) is 16.6 Å². The van der Waals surface area contributed by atoms with E-state index >= 15 is 0 Å². The summed E-state index contributed by atoms with van der Waals surface area (Å²) >= 11 is 1.42. The van der Waals surface area contributed by atoms with Crippen LogP contribution >= 0.6 is 15.6 Å². The fraction of sp³-hybridized carbons (Fsp3) is 0.333. The largest absolute Gasteiger partial charge is 0.584 e. The predicted molar refractivity (Wildman–Crippen MR) is 189 cm³/mol. The second-order valence-corrected chi connectivity index (χ2v) is 15.4. The number of hydrogen-bond donors (Lipinski definition) is 3. The molecule has 0 fully saturated rings. The van der Waals surface area contributed by atoms with E-state index in [0.717, 1.165) is 66.8 Å². The summed E-state index contributed by atoms with van der Waals surface area (Å²) in [5.74, 6) is 1.77. The molecule has 48 heavy (non-hydrogen) atoms. The molecule has 3 N–H and O–H groups in total. The molecule has 0 saturated heterocycles. The Morgan fingerprint density at radius 2 is 0.646 bits per heavy atom. The van der Waals surface area contributed by atoms with Gasteiger partial charge in [0.2, 0.25) is 0 Å². The molecule has 0 aliphatic carbocycles. The Morgan fingerprint density at radius 1 is 0.458 bits per heavy atom. The van der Waals surface area contributed by atoms with Gasteiger partial charge in [-0.3, -0.25) is 9.79 Å². The van der Waals surface area contributed by atoms with Crippen LogP contribution in [0.2, 0.25) is 0 Å². The van der Waals surface area contributed by atoms with E-state index in [4.69, 9.17) is 22.3 Å². The number of aryl methyl sites for hydroxylation is 8. The smallest absolute Gasteiger partial charge is 0.529 e. The highest BCUT2D eigenvalue weighted by Crippen LogP contribution is 2.55. The number of phosphoric ester groups is 2. The zero-order valence-electron chi connectivity index (χ0n) is 29.0. The van der Waals surface area contributed by atoms with Crippen LogP contribution in [0.5, 0.6) is 23.0 Å². The lowest BCUT2D eigenvalue weighted by molar-refractivity contribution is 0.282. The van der Waals surface area contributed by atoms with Gasteiger partial charge in [-0.05, 0) is 77.6 Å². The number of hydrogen-bond acceptors (Lipinski definition) is 7. The van der Waals surface area contributed by atoms with Crippen LogP contribution in [0.3, 0.4) is 0 Å². The van der Waals surface area contributed by atoms with E-state index in [0.29, 0.717) is 23.0 Å². The molecule has 4 aromatic carbocycles. The Morgan fingerprint density at radius 3 is 0.833 bits per heavy atom. The van der Waals surface area contributed by atoms with Crippen LogP contribution in [-0.4, -0.2) is 30.6 Å². The topological polar surface area (TPSA) is 132 Å². The third kappa shape index (κ3) is 8.04. The molecule has 2 aliphatic rings. The highest BCUT2D eigenvalue weighted by atomic mass is 31.2. The van der Waals surface area contributed by atoms with Crippen molar-refractivity contribution in [2.24, 2.45) is 0 Å². The van der Waals surface area contributed by atoms with Gasteiger partial charge >= 0.3 is 32.3 Å². The van der Waals surface area contributed by atoms with Crippen LogP contribution in [-0.2, 0) is 9.13 Å². The van der Waals surface area contributed by atoms with Crippen molar-refractivity contribution < 1.29 is 41.2 Å². The fourth-order valence-electron chi connectivity index (χ4n) is 6.57. The summed E-state index contributed by atoms with van der Waals surface area (Å²) in [6.07, 6.45) is 0. The number of phosphoric acid groups is 2. The first-order chi connectivity index (χ1) is 22.4. The SMILES string of the molecule is Cc1cc(C)c2c(c1)C(C)c1cc(C)cc(C)c1OP(=O)(O)O2.Cc1cc(C)c2c(c1)C(C)c1cc(C)cc(C)c1OP(=O)(O)O2.[OH][Al]. The van der Waals surface area contributed by atoms with Crippen LogP contribution in [0.15, 0.2) is 48.5 Å². The highest BCUT2D eigenvalue weighted by Gasteiger charge is 2.36. The molecule has 0 unspecified atom stereocenters. The van der Waals surface area contributed by atoms with Crippen LogP contribution in [0.4, 0.5) is 0 Å². The van der Waals surface area contributed by atoms with Gasteiger partial charge in [-0.1, -0.05) is 84.6 Å². The molecule has 2 heterocycles. The van der Waals surface area contributed by atoms with Gasteiger partial charge < -0.3 is 22.3 Å². The minimum atomic E-state index is -4.23. The first-order valence-corrected chi connectivity index (χ1v) is 19.0. The minimum absolute atomic E-state index is 0.00231. The summed E-state index contributed by atoms with van der Waals surface area (Å²) < 4.78 is 53.4. The molecule has 0 bridgehead atoms. The number of rotatable bonds is 0. The second kappa shape index (κ2) is 14.4. The molecule has 12 heteroatoms. The predicted octanol–water partition coefficient (Wildman–Crippen LogP) is 8.95. The summed E-state index contributed by atoms with van der Waals surface area (Å²) in [6, 6.07) is 15.8. The van der Waals surface area contributed by atoms with Crippen molar-refractivity contribution in [1.29, 1.82) is 0 Å². The summed E-state index contributed by atoms with van der Waals surface area (Å²) in [6.45, 7) is 19.7. The molecule has 6 rings (SSSR count). The van der Waals surface area contributed by atoms with Gasteiger partial charge in [0.25, 0.3) is 0 Å². The molecule has 254 valence electrons. The van der Waals surface area contributed by atoms with Crippen molar-refractivity contribution in [1.82, 2.24) is 0 Å². The molecule has 0 spiro atoms. The zero-order chi connectivity index (χ0) is 35.9. The Labute approximate surface area is 291 Å². The zero-order valence-corrected chi connectivity index (χ0v) is 32.0. The van der Waals surface area contributed by atoms with E-state index in [-0.39, 0.29) is 11.8 Å². The molecular weight excluding hydrogens is 665 g/mol. The van der Waals surface area contributed by atoms with Crippen molar-refractivity contribution in [3.05, 3.63) is 115 Å². The van der Waals surface area contributed by atoms with E-state index < -0.39 is 15.6 Å². The van der Waals surface area contributed by atoms with Crippen LogP contribution in [0.1, 0.15) is 92.4 Å². The van der Waals surface area contributed by atoms with Gasteiger partial charge in [0.1, 0.15) is 23.0 Å².